The maximum Gasteiger partial charge on any atom is 0.573 e. The van der Waals surface area contributed by atoms with Gasteiger partial charge in [0.05, 0.1) is 12.2 Å². The van der Waals surface area contributed by atoms with E-state index < -0.39 is 17.4 Å². The lowest BCUT2D eigenvalue weighted by molar-refractivity contribution is -0.389. The summed E-state index contributed by atoms with van der Waals surface area (Å²) in [4.78, 5) is 22.1. The van der Waals surface area contributed by atoms with Crippen LogP contribution in [0.3, 0.4) is 0 Å². The Morgan fingerprint density at radius 3 is 2.70 bits per heavy atom. The first-order chi connectivity index (χ1) is 14.3. The van der Waals surface area contributed by atoms with E-state index in [2.05, 4.69) is 19.7 Å². The van der Waals surface area contributed by atoms with E-state index >= 15 is 0 Å². The first-order valence-electron chi connectivity index (χ1n) is 8.46. The van der Waals surface area contributed by atoms with Crippen molar-refractivity contribution < 1.29 is 32.3 Å². The van der Waals surface area contributed by atoms with Gasteiger partial charge in [-0.3, -0.25) is 4.57 Å². The normalized spacial score (nSPS) is 15.8. The van der Waals surface area contributed by atoms with Crippen LogP contribution in [0.5, 0.6) is 17.6 Å². The lowest BCUT2D eigenvalue weighted by Gasteiger charge is -2.22. The maximum atomic E-state index is 12.3. The predicted octanol–water partition coefficient (Wildman–Crippen LogP) is 2.99. The zero-order valence-corrected chi connectivity index (χ0v) is 14.9. The van der Waals surface area contributed by atoms with Gasteiger partial charge in [0, 0.05) is 16.6 Å². The molecule has 13 heteroatoms. The molecule has 1 aromatic carbocycles. The number of halogens is 3. The van der Waals surface area contributed by atoms with Crippen molar-refractivity contribution in [3.63, 3.8) is 0 Å². The third kappa shape index (κ3) is 4.39. The molecule has 0 bridgehead atoms. The number of aromatic nitrogens is 4. The van der Waals surface area contributed by atoms with E-state index in [9.17, 15) is 23.3 Å². The minimum atomic E-state index is -4.77. The number of alkyl halides is 3. The summed E-state index contributed by atoms with van der Waals surface area (Å²) < 4.78 is 53.2. The Morgan fingerprint density at radius 1 is 1.23 bits per heavy atom. The molecule has 1 aliphatic heterocycles. The van der Waals surface area contributed by atoms with Crippen LogP contribution in [0, 0.1) is 10.1 Å². The third-order valence-corrected chi connectivity index (χ3v) is 4.03. The number of imidazole rings is 1. The van der Waals surface area contributed by atoms with Gasteiger partial charge in [-0.2, -0.15) is 0 Å². The molecular formula is C17H12F3N5O5. The summed E-state index contributed by atoms with van der Waals surface area (Å²) in [6.45, 7) is 0.371. The van der Waals surface area contributed by atoms with Gasteiger partial charge in [-0.25, -0.2) is 9.97 Å². The summed E-state index contributed by atoms with van der Waals surface area (Å²) >= 11 is 0. The van der Waals surface area contributed by atoms with Gasteiger partial charge in [0.2, 0.25) is 5.88 Å². The summed E-state index contributed by atoms with van der Waals surface area (Å²) in [6.07, 6.45) is -2.76. The van der Waals surface area contributed by atoms with Gasteiger partial charge >= 0.3 is 18.2 Å². The Hall–Kier alpha value is -3.90. The number of hydrogen-bond acceptors (Lipinski definition) is 8. The highest BCUT2D eigenvalue weighted by atomic mass is 19.4. The van der Waals surface area contributed by atoms with Gasteiger partial charge in [0.15, 0.2) is 6.10 Å². The van der Waals surface area contributed by atoms with Crippen molar-refractivity contribution in [3.05, 3.63) is 53.0 Å². The summed E-state index contributed by atoms with van der Waals surface area (Å²) in [7, 11) is 0. The summed E-state index contributed by atoms with van der Waals surface area (Å²) in [5.74, 6) is -0.462. The Morgan fingerprint density at radius 2 is 2.00 bits per heavy atom. The van der Waals surface area contributed by atoms with Crippen LogP contribution in [-0.2, 0) is 6.54 Å². The Labute approximate surface area is 166 Å². The number of rotatable bonds is 5. The second-order valence-corrected chi connectivity index (χ2v) is 6.16. The highest BCUT2D eigenvalue weighted by molar-refractivity contribution is 5.60. The molecule has 0 aliphatic carbocycles. The molecule has 2 aromatic heterocycles. The lowest BCUT2D eigenvalue weighted by Crippen LogP contribution is -2.34. The summed E-state index contributed by atoms with van der Waals surface area (Å²) in [5, 5.41) is 10.8. The fraction of sp³-hybridized carbons (Fsp3) is 0.235. The molecule has 0 amide bonds. The standard InChI is InChI=1S/C17H12F3N5O5/c18-17(19,20)30-11-3-1-10(2-4-11)13-5-15(22-9-21-13)29-12-6-24-7-14(25(26)27)23-16(24)28-8-12/h1-5,7,9,12H,6,8H2/t12-/m1/s1. The number of benzene rings is 1. The van der Waals surface area contributed by atoms with Gasteiger partial charge in [0.25, 0.3) is 0 Å². The first kappa shape index (κ1) is 19.4. The Bertz CT molecular complexity index is 1070. The average molecular weight is 423 g/mol. The van der Waals surface area contributed by atoms with Crippen LogP contribution in [0.4, 0.5) is 19.0 Å². The van der Waals surface area contributed by atoms with E-state index in [-0.39, 0.29) is 36.6 Å². The predicted molar refractivity (Wildman–Crippen MR) is 92.9 cm³/mol. The van der Waals surface area contributed by atoms with Crippen LogP contribution in [0.25, 0.3) is 11.3 Å². The van der Waals surface area contributed by atoms with E-state index in [1.165, 1.54) is 47.4 Å². The average Bonchev–Trinajstić information content (AvgIpc) is 3.11. The Kier molecular flexibility index (Phi) is 4.85. The fourth-order valence-corrected chi connectivity index (χ4v) is 2.79. The minimum absolute atomic E-state index is 0.108. The molecule has 0 radical (unpaired) electrons. The van der Waals surface area contributed by atoms with Crippen LogP contribution in [0.2, 0.25) is 0 Å². The quantitative estimate of drug-likeness (QED) is 0.455. The number of fused-ring (bicyclic) bond motifs is 1. The zero-order chi connectivity index (χ0) is 21.3. The smallest absolute Gasteiger partial charge is 0.469 e. The van der Waals surface area contributed by atoms with E-state index in [0.29, 0.717) is 11.3 Å². The molecule has 1 atom stereocenters. The second-order valence-electron chi connectivity index (χ2n) is 6.16. The summed E-state index contributed by atoms with van der Waals surface area (Å²) in [5.41, 5.74) is 0.957. The monoisotopic (exact) mass is 423 g/mol. The first-order valence-corrected chi connectivity index (χ1v) is 8.46. The molecule has 4 rings (SSSR count). The summed E-state index contributed by atoms with van der Waals surface area (Å²) in [6, 6.07) is 6.85. The van der Waals surface area contributed by atoms with E-state index in [1.54, 1.807) is 0 Å². The molecule has 0 unspecified atom stereocenters. The van der Waals surface area contributed by atoms with Crippen molar-refractivity contribution in [2.45, 2.75) is 19.0 Å². The molecule has 0 N–H and O–H groups in total. The van der Waals surface area contributed by atoms with Crippen LogP contribution < -0.4 is 14.2 Å². The highest BCUT2D eigenvalue weighted by Gasteiger charge is 2.31. The van der Waals surface area contributed by atoms with Crippen molar-refractivity contribution in [1.29, 1.82) is 0 Å². The molecule has 3 aromatic rings. The highest BCUT2D eigenvalue weighted by Crippen LogP contribution is 2.27. The van der Waals surface area contributed by atoms with Crippen LogP contribution in [-0.4, -0.2) is 43.5 Å². The van der Waals surface area contributed by atoms with E-state index in [1.807, 2.05) is 0 Å². The van der Waals surface area contributed by atoms with Gasteiger partial charge in [0.1, 0.15) is 24.9 Å². The molecule has 10 nitrogen and oxygen atoms in total. The fourth-order valence-electron chi connectivity index (χ4n) is 2.79. The lowest BCUT2D eigenvalue weighted by atomic mass is 10.1. The third-order valence-electron chi connectivity index (χ3n) is 4.03. The van der Waals surface area contributed by atoms with Gasteiger partial charge in [-0.1, -0.05) is 0 Å². The largest absolute Gasteiger partial charge is 0.573 e. The molecule has 30 heavy (non-hydrogen) atoms. The van der Waals surface area contributed by atoms with Gasteiger partial charge in [-0.15, -0.1) is 13.2 Å². The molecule has 156 valence electrons. The number of nitro groups is 1. The van der Waals surface area contributed by atoms with Gasteiger partial charge in [-0.05, 0) is 29.2 Å². The molecular weight excluding hydrogens is 411 g/mol. The van der Waals surface area contributed by atoms with Crippen molar-refractivity contribution in [1.82, 2.24) is 19.5 Å². The molecule has 0 spiro atoms. The number of ether oxygens (including phenoxy) is 3. The molecule has 0 saturated carbocycles. The number of hydrogen-bond donors (Lipinski definition) is 0. The zero-order valence-electron chi connectivity index (χ0n) is 14.9. The molecule has 0 fully saturated rings. The van der Waals surface area contributed by atoms with Crippen molar-refractivity contribution >= 4 is 5.82 Å². The van der Waals surface area contributed by atoms with Crippen LogP contribution in [0.1, 0.15) is 0 Å². The van der Waals surface area contributed by atoms with Crippen LogP contribution >= 0.6 is 0 Å². The SMILES string of the molecule is O=[N+]([O-])c1cn2c(n1)OC[C@H](Oc1cc(-c3ccc(OC(F)(F)F)cc3)ncn1)C2. The number of nitrogens with zero attached hydrogens (tertiary/aromatic N) is 5. The van der Waals surface area contributed by atoms with Crippen molar-refractivity contribution in [2.24, 2.45) is 0 Å². The topological polar surface area (TPSA) is 114 Å². The Balaban J connectivity index is 1.45. The van der Waals surface area contributed by atoms with E-state index in [0.717, 1.165) is 0 Å². The second kappa shape index (κ2) is 7.50. The van der Waals surface area contributed by atoms with E-state index in [4.69, 9.17) is 9.47 Å². The maximum absolute atomic E-state index is 12.3. The minimum Gasteiger partial charge on any atom is -0.469 e. The molecule has 3 heterocycles. The molecule has 1 aliphatic rings. The van der Waals surface area contributed by atoms with Crippen molar-refractivity contribution in [2.75, 3.05) is 6.61 Å². The van der Waals surface area contributed by atoms with Crippen LogP contribution in [0.15, 0.2) is 42.9 Å². The van der Waals surface area contributed by atoms with Gasteiger partial charge < -0.3 is 24.3 Å². The molecule has 0 saturated heterocycles. The van der Waals surface area contributed by atoms with Crippen molar-refractivity contribution in [3.8, 4) is 28.9 Å².